The highest BCUT2D eigenvalue weighted by atomic mass is 15.2. The average molecular weight is 323 g/mol. The second-order valence-corrected chi connectivity index (χ2v) is 6.32. The van der Waals surface area contributed by atoms with Crippen LogP contribution in [0.5, 0.6) is 0 Å². The van der Waals surface area contributed by atoms with Gasteiger partial charge in [-0.2, -0.15) is 0 Å². The van der Waals surface area contributed by atoms with E-state index in [1.165, 1.54) is 29.6 Å². The molecule has 4 heterocycles. The first kappa shape index (κ1) is 16.6. The number of pyridine rings is 2. The van der Waals surface area contributed by atoms with Gasteiger partial charge in [-0.15, -0.1) is 0 Å². The molecule has 0 bridgehead atoms. The fraction of sp³-hybridized carbons (Fsp3) is 0.368. The Hall–Kier alpha value is -2.24. The minimum absolute atomic E-state index is 0.997. The van der Waals surface area contributed by atoms with E-state index in [4.69, 9.17) is 0 Å². The summed E-state index contributed by atoms with van der Waals surface area (Å²) in [6, 6.07) is 8.09. The lowest BCUT2D eigenvalue weighted by Crippen LogP contribution is -2.43. The van der Waals surface area contributed by atoms with Gasteiger partial charge >= 0.3 is 0 Å². The Morgan fingerprint density at radius 3 is 2.54 bits per heavy atom. The van der Waals surface area contributed by atoms with Crippen LogP contribution in [0.1, 0.15) is 11.1 Å². The zero-order chi connectivity index (χ0) is 16.8. The third kappa shape index (κ3) is 4.40. The summed E-state index contributed by atoms with van der Waals surface area (Å²) in [7, 11) is 2.19. The highest BCUT2D eigenvalue weighted by Gasteiger charge is 2.15. The summed E-state index contributed by atoms with van der Waals surface area (Å²) >= 11 is 0. The predicted molar refractivity (Wildman–Crippen MR) is 97.8 cm³/mol. The van der Waals surface area contributed by atoms with Crippen LogP contribution in [0.25, 0.3) is 11.0 Å². The largest absolute Gasteiger partial charge is 0.346 e. The molecule has 1 saturated heterocycles. The number of likely N-dealkylation sites (N-methyl/N-ethyl adjacent to an activating group) is 1. The monoisotopic (exact) mass is 323 g/mol. The number of aromatic nitrogens is 3. The van der Waals surface area contributed by atoms with E-state index in [0.717, 1.165) is 25.3 Å². The summed E-state index contributed by atoms with van der Waals surface area (Å²) in [5.41, 5.74) is 3.57. The van der Waals surface area contributed by atoms with Gasteiger partial charge in [-0.05, 0) is 43.3 Å². The first-order valence-electron chi connectivity index (χ1n) is 8.41. The van der Waals surface area contributed by atoms with E-state index in [9.17, 15) is 0 Å². The van der Waals surface area contributed by atoms with Gasteiger partial charge in [-0.1, -0.05) is 6.07 Å². The maximum Gasteiger partial charge on any atom is 0.137 e. The molecule has 0 amide bonds. The van der Waals surface area contributed by atoms with Gasteiger partial charge in [0.2, 0.25) is 0 Å². The molecule has 5 nitrogen and oxygen atoms in total. The number of hydrogen-bond donors (Lipinski definition) is 1. The normalized spacial score (nSPS) is 15.9. The van der Waals surface area contributed by atoms with E-state index in [-0.39, 0.29) is 0 Å². The molecule has 126 valence electrons. The summed E-state index contributed by atoms with van der Waals surface area (Å²) in [5.74, 6) is 0. The van der Waals surface area contributed by atoms with Crippen molar-refractivity contribution < 1.29 is 0 Å². The number of rotatable bonds is 2. The molecule has 5 heteroatoms. The number of H-pyrrole nitrogens is 1. The molecule has 1 aliphatic rings. The fourth-order valence-corrected chi connectivity index (χ4v) is 2.84. The average Bonchev–Trinajstić information content (AvgIpc) is 3.01. The van der Waals surface area contributed by atoms with E-state index < -0.39 is 0 Å². The molecule has 3 aromatic heterocycles. The lowest BCUT2D eigenvalue weighted by molar-refractivity contribution is 0.148. The van der Waals surface area contributed by atoms with Crippen LogP contribution in [0.2, 0.25) is 0 Å². The molecule has 0 saturated carbocycles. The molecular weight excluding hydrogens is 298 g/mol. The molecule has 24 heavy (non-hydrogen) atoms. The molecule has 0 aromatic carbocycles. The summed E-state index contributed by atoms with van der Waals surface area (Å²) in [5, 5.41) is 1.26. The topological polar surface area (TPSA) is 48.0 Å². The molecule has 3 aromatic rings. The van der Waals surface area contributed by atoms with Gasteiger partial charge in [0.15, 0.2) is 0 Å². The Morgan fingerprint density at radius 2 is 1.88 bits per heavy atom. The van der Waals surface area contributed by atoms with Crippen molar-refractivity contribution in [1.29, 1.82) is 0 Å². The molecule has 0 radical (unpaired) electrons. The SMILES string of the molecule is CN1CCN(Cc2c[nH]c3ncccc23)CC1.Cc1cccnc1. The lowest BCUT2D eigenvalue weighted by atomic mass is 10.2. The van der Waals surface area contributed by atoms with Crippen molar-refractivity contribution in [2.45, 2.75) is 13.5 Å². The summed E-state index contributed by atoms with van der Waals surface area (Å²) in [6.45, 7) is 7.70. The van der Waals surface area contributed by atoms with Crippen molar-refractivity contribution in [1.82, 2.24) is 24.8 Å². The number of aromatic amines is 1. The van der Waals surface area contributed by atoms with Crippen LogP contribution in [0.3, 0.4) is 0 Å². The zero-order valence-corrected chi connectivity index (χ0v) is 14.4. The maximum absolute atomic E-state index is 4.32. The molecule has 4 rings (SSSR count). The van der Waals surface area contributed by atoms with Crippen molar-refractivity contribution in [2.75, 3.05) is 33.2 Å². The molecule has 0 aliphatic carbocycles. The molecule has 1 fully saturated rings. The Kier molecular flexibility index (Phi) is 5.56. The minimum Gasteiger partial charge on any atom is -0.346 e. The van der Waals surface area contributed by atoms with Gasteiger partial charge in [0, 0.05) is 62.9 Å². The highest BCUT2D eigenvalue weighted by Crippen LogP contribution is 2.18. The van der Waals surface area contributed by atoms with E-state index in [0.29, 0.717) is 0 Å². The summed E-state index contributed by atoms with van der Waals surface area (Å²) < 4.78 is 0. The maximum atomic E-state index is 4.32. The number of aryl methyl sites for hydroxylation is 1. The number of nitrogens with zero attached hydrogens (tertiary/aromatic N) is 4. The number of hydrogen-bond acceptors (Lipinski definition) is 4. The van der Waals surface area contributed by atoms with Gasteiger partial charge in [0.05, 0.1) is 0 Å². The molecule has 1 aliphatic heterocycles. The molecular formula is C19H25N5. The molecule has 1 N–H and O–H groups in total. The van der Waals surface area contributed by atoms with Gasteiger partial charge in [0.1, 0.15) is 5.65 Å². The van der Waals surface area contributed by atoms with Crippen LogP contribution in [0, 0.1) is 6.92 Å². The van der Waals surface area contributed by atoms with Gasteiger partial charge in [0.25, 0.3) is 0 Å². The van der Waals surface area contributed by atoms with Crippen molar-refractivity contribution in [3.05, 3.63) is 60.2 Å². The van der Waals surface area contributed by atoms with Crippen molar-refractivity contribution >= 4 is 11.0 Å². The molecule has 0 atom stereocenters. The predicted octanol–water partition coefficient (Wildman–Crippen LogP) is 2.70. The van der Waals surface area contributed by atoms with Gasteiger partial charge < -0.3 is 9.88 Å². The third-order valence-corrected chi connectivity index (χ3v) is 4.34. The second kappa shape index (κ2) is 8.04. The first-order valence-corrected chi connectivity index (χ1v) is 8.41. The van der Waals surface area contributed by atoms with E-state index in [1.54, 1.807) is 6.20 Å². The van der Waals surface area contributed by atoms with Crippen LogP contribution in [-0.2, 0) is 6.54 Å². The standard InChI is InChI=1S/C13H18N4.C6H7N/c1-16-5-7-17(8-6-16)10-11-9-15-13-12(11)3-2-4-14-13;1-6-3-2-4-7-5-6/h2-4,9H,5-8,10H2,1H3,(H,14,15);2-5H,1H3. The Labute approximate surface area is 143 Å². The lowest BCUT2D eigenvalue weighted by Gasteiger charge is -2.32. The fourth-order valence-electron chi connectivity index (χ4n) is 2.84. The van der Waals surface area contributed by atoms with Crippen LogP contribution < -0.4 is 0 Å². The van der Waals surface area contributed by atoms with Crippen LogP contribution in [0.4, 0.5) is 0 Å². The van der Waals surface area contributed by atoms with Gasteiger partial charge in [-0.25, -0.2) is 4.98 Å². The van der Waals surface area contributed by atoms with E-state index >= 15 is 0 Å². The van der Waals surface area contributed by atoms with Crippen LogP contribution >= 0.6 is 0 Å². The third-order valence-electron chi connectivity index (χ3n) is 4.34. The quantitative estimate of drug-likeness (QED) is 0.788. The smallest absolute Gasteiger partial charge is 0.137 e. The van der Waals surface area contributed by atoms with Crippen molar-refractivity contribution in [3.63, 3.8) is 0 Å². The van der Waals surface area contributed by atoms with E-state index in [2.05, 4.69) is 44.1 Å². The molecule has 0 spiro atoms. The van der Waals surface area contributed by atoms with Crippen molar-refractivity contribution in [3.8, 4) is 0 Å². The summed E-state index contributed by atoms with van der Waals surface area (Å²) in [4.78, 5) is 16.3. The highest BCUT2D eigenvalue weighted by molar-refractivity contribution is 5.79. The van der Waals surface area contributed by atoms with Crippen LogP contribution in [-0.4, -0.2) is 58.0 Å². The number of fused-ring (bicyclic) bond motifs is 1. The Balaban J connectivity index is 0.000000203. The van der Waals surface area contributed by atoms with Crippen molar-refractivity contribution in [2.24, 2.45) is 0 Å². The Bertz CT molecular complexity index is 745. The van der Waals surface area contributed by atoms with E-state index in [1.807, 2.05) is 37.5 Å². The van der Waals surface area contributed by atoms with Crippen LogP contribution in [0.15, 0.2) is 49.1 Å². The second-order valence-electron chi connectivity index (χ2n) is 6.32. The first-order chi connectivity index (χ1) is 11.7. The summed E-state index contributed by atoms with van der Waals surface area (Å²) in [6.07, 6.45) is 7.53. The number of nitrogens with one attached hydrogen (secondary N) is 1. The van der Waals surface area contributed by atoms with Gasteiger partial charge in [-0.3, -0.25) is 9.88 Å². The minimum atomic E-state index is 0.997. The zero-order valence-electron chi connectivity index (χ0n) is 14.4. The Morgan fingerprint density at radius 1 is 1.08 bits per heavy atom. The molecule has 0 unspecified atom stereocenters. The number of piperazine rings is 1.